The Morgan fingerprint density at radius 1 is 1.29 bits per heavy atom. The molecule has 1 aromatic heterocycles. The second-order valence-electron chi connectivity index (χ2n) is 3.86. The quantitative estimate of drug-likeness (QED) is 0.895. The number of halogens is 1. The number of anilines is 1. The SMILES string of the molecule is N#Cc1ccc(NC(=O)c2cnc(Cl)cn2)c(C(=O)O)c1. The van der Waals surface area contributed by atoms with Crippen LogP contribution in [-0.2, 0) is 0 Å². The van der Waals surface area contributed by atoms with Crippen LogP contribution in [0, 0.1) is 11.3 Å². The van der Waals surface area contributed by atoms with E-state index in [2.05, 4.69) is 15.3 Å². The summed E-state index contributed by atoms with van der Waals surface area (Å²) < 4.78 is 0. The molecule has 0 aliphatic rings. The molecule has 0 spiro atoms. The Kier molecular flexibility index (Phi) is 4.11. The van der Waals surface area contributed by atoms with Gasteiger partial charge in [-0.3, -0.25) is 4.79 Å². The van der Waals surface area contributed by atoms with Crippen molar-refractivity contribution in [2.45, 2.75) is 0 Å². The number of carbonyl (C=O) groups is 2. The highest BCUT2D eigenvalue weighted by Crippen LogP contribution is 2.18. The summed E-state index contributed by atoms with van der Waals surface area (Å²) in [6, 6.07) is 5.73. The third-order valence-electron chi connectivity index (χ3n) is 2.48. The molecule has 0 aliphatic heterocycles. The molecule has 0 saturated carbocycles. The molecule has 0 atom stereocenters. The summed E-state index contributed by atoms with van der Waals surface area (Å²) in [6.45, 7) is 0. The summed E-state index contributed by atoms with van der Waals surface area (Å²) in [7, 11) is 0. The van der Waals surface area contributed by atoms with Crippen molar-refractivity contribution < 1.29 is 14.7 Å². The van der Waals surface area contributed by atoms with Crippen LogP contribution < -0.4 is 5.32 Å². The first kappa shape index (κ1) is 14.4. The minimum atomic E-state index is -1.26. The summed E-state index contributed by atoms with van der Waals surface area (Å²) >= 11 is 5.56. The highest BCUT2D eigenvalue weighted by molar-refractivity contribution is 6.29. The minimum absolute atomic E-state index is 0.0138. The van der Waals surface area contributed by atoms with Crippen molar-refractivity contribution in [1.82, 2.24) is 9.97 Å². The van der Waals surface area contributed by atoms with E-state index in [4.69, 9.17) is 22.0 Å². The average molecular weight is 303 g/mol. The van der Waals surface area contributed by atoms with Gasteiger partial charge >= 0.3 is 5.97 Å². The van der Waals surface area contributed by atoms with Crippen LogP contribution in [0.2, 0.25) is 5.15 Å². The zero-order valence-corrected chi connectivity index (χ0v) is 11.1. The van der Waals surface area contributed by atoms with Crippen molar-refractivity contribution in [3.8, 4) is 6.07 Å². The summed E-state index contributed by atoms with van der Waals surface area (Å²) in [4.78, 5) is 30.6. The van der Waals surface area contributed by atoms with Crippen molar-refractivity contribution in [2.24, 2.45) is 0 Å². The van der Waals surface area contributed by atoms with Crippen LogP contribution in [0.15, 0.2) is 30.6 Å². The maximum atomic E-state index is 11.9. The molecule has 0 unspecified atom stereocenters. The lowest BCUT2D eigenvalue weighted by Crippen LogP contribution is -2.16. The lowest BCUT2D eigenvalue weighted by Gasteiger charge is -2.08. The third kappa shape index (κ3) is 3.32. The van der Waals surface area contributed by atoms with E-state index in [-0.39, 0.29) is 27.7 Å². The van der Waals surface area contributed by atoms with Gasteiger partial charge in [0.2, 0.25) is 0 Å². The Bertz CT molecular complexity index is 753. The van der Waals surface area contributed by atoms with E-state index in [0.717, 1.165) is 0 Å². The maximum Gasteiger partial charge on any atom is 0.337 e. The molecule has 0 bridgehead atoms. The summed E-state index contributed by atoms with van der Waals surface area (Å²) in [5.41, 5.74) is 0.0318. The van der Waals surface area contributed by atoms with Crippen molar-refractivity contribution in [1.29, 1.82) is 5.26 Å². The molecule has 0 aliphatic carbocycles. The van der Waals surface area contributed by atoms with E-state index in [1.54, 1.807) is 0 Å². The van der Waals surface area contributed by atoms with Crippen LogP contribution in [0.5, 0.6) is 0 Å². The summed E-state index contributed by atoms with van der Waals surface area (Å²) in [5.74, 6) is -1.89. The first-order valence-corrected chi connectivity index (χ1v) is 5.95. The monoisotopic (exact) mass is 302 g/mol. The van der Waals surface area contributed by atoms with Crippen LogP contribution in [0.4, 0.5) is 5.69 Å². The van der Waals surface area contributed by atoms with Gasteiger partial charge in [0, 0.05) is 0 Å². The van der Waals surface area contributed by atoms with Gasteiger partial charge < -0.3 is 10.4 Å². The number of carbonyl (C=O) groups excluding carboxylic acids is 1. The highest BCUT2D eigenvalue weighted by Gasteiger charge is 2.15. The summed E-state index contributed by atoms with van der Waals surface area (Å²) in [5, 5.41) is 20.4. The highest BCUT2D eigenvalue weighted by atomic mass is 35.5. The van der Waals surface area contributed by atoms with Gasteiger partial charge in [0.15, 0.2) is 0 Å². The molecule has 1 amide bonds. The fourth-order valence-electron chi connectivity index (χ4n) is 1.52. The van der Waals surface area contributed by atoms with Crippen LogP contribution in [0.3, 0.4) is 0 Å². The normalized spacial score (nSPS) is 9.71. The number of hydrogen-bond donors (Lipinski definition) is 2. The zero-order chi connectivity index (χ0) is 15.4. The van der Waals surface area contributed by atoms with Gasteiger partial charge in [-0.2, -0.15) is 5.26 Å². The van der Waals surface area contributed by atoms with Gasteiger partial charge in [-0.05, 0) is 18.2 Å². The number of benzene rings is 1. The predicted molar refractivity (Wildman–Crippen MR) is 73.1 cm³/mol. The largest absolute Gasteiger partial charge is 0.478 e. The Morgan fingerprint density at radius 3 is 2.62 bits per heavy atom. The fraction of sp³-hybridized carbons (Fsp3) is 0. The number of aromatic carboxylic acids is 1. The Labute approximate surface area is 123 Å². The second-order valence-corrected chi connectivity index (χ2v) is 4.24. The molecule has 2 N–H and O–H groups in total. The van der Waals surface area contributed by atoms with Crippen molar-refractivity contribution >= 4 is 29.2 Å². The zero-order valence-electron chi connectivity index (χ0n) is 10.4. The van der Waals surface area contributed by atoms with Crippen LogP contribution in [0.1, 0.15) is 26.4 Å². The average Bonchev–Trinajstić information content (AvgIpc) is 2.48. The van der Waals surface area contributed by atoms with Crippen molar-refractivity contribution in [2.75, 3.05) is 5.32 Å². The molecule has 104 valence electrons. The number of nitriles is 1. The van der Waals surface area contributed by atoms with E-state index in [1.165, 1.54) is 30.6 Å². The molecule has 8 heteroatoms. The number of nitrogens with zero attached hydrogens (tertiary/aromatic N) is 3. The number of carboxylic acid groups (broad SMARTS) is 1. The second kappa shape index (κ2) is 5.98. The van der Waals surface area contributed by atoms with E-state index >= 15 is 0 Å². The molecule has 2 rings (SSSR count). The minimum Gasteiger partial charge on any atom is -0.478 e. The number of nitrogens with one attached hydrogen (secondary N) is 1. The van der Waals surface area contributed by atoms with Gasteiger partial charge in [0.1, 0.15) is 10.8 Å². The lowest BCUT2D eigenvalue weighted by molar-refractivity contribution is 0.0698. The smallest absolute Gasteiger partial charge is 0.337 e. The predicted octanol–water partition coefficient (Wildman–Crippen LogP) is 1.95. The number of aromatic nitrogens is 2. The van der Waals surface area contributed by atoms with E-state index in [0.29, 0.717) is 0 Å². The van der Waals surface area contributed by atoms with E-state index in [9.17, 15) is 9.59 Å². The van der Waals surface area contributed by atoms with Crippen molar-refractivity contribution in [3.05, 3.63) is 52.6 Å². The molecule has 7 nitrogen and oxygen atoms in total. The van der Waals surface area contributed by atoms with E-state index in [1.807, 2.05) is 6.07 Å². The van der Waals surface area contributed by atoms with Gasteiger partial charge in [0.25, 0.3) is 5.91 Å². The molecule has 0 saturated heterocycles. The summed E-state index contributed by atoms with van der Waals surface area (Å²) in [6.07, 6.45) is 2.37. The molecule has 1 heterocycles. The van der Waals surface area contributed by atoms with Crippen LogP contribution in [-0.4, -0.2) is 27.0 Å². The lowest BCUT2D eigenvalue weighted by atomic mass is 10.1. The topological polar surface area (TPSA) is 116 Å². The van der Waals surface area contributed by atoms with Gasteiger partial charge in [-0.15, -0.1) is 0 Å². The molecular weight excluding hydrogens is 296 g/mol. The number of hydrogen-bond acceptors (Lipinski definition) is 5. The van der Waals surface area contributed by atoms with Gasteiger partial charge in [-0.25, -0.2) is 14.8 Å². The van der Waals surface area contributed by atoms with Crippen LogP contribution >= 0.6 is 11.6 Å². The Morgan fingerprint density at radius 2 is 2.05 bits per heavy atom. The molecule has 0 radical (unpaired) electrons. The number of rotatable bonds is 3. The number of amides is 1. The first-order chi connectivity index (χ1) is 10.0. The van der Waals surface area contributed by atoms with Gasteiger partial charge in [0.05, 0.1) is 35.3 Å². The Hall–Kier alpha value is -2.98. The fourth-order valence-corrected chi connectivity index (χ4v) is 1.61. The molecular formula is C13H7ClN4O3. The third-order valence-corrected chi connectivity index (χ3v) is 2.68. The Balaban J connectivity index is 2.31. The molecule has 2 aromatic rings. The first-order valence-electron chi connectivity index (χ1n) is 5.57. The van der Waals surface area contributed by atoms with Crippen LogP contribution in [0.25, 0.3) is 0 Å². The molecule has 0 fully saturated rings. The standard InChI is InChI=1S/C13H7ClN4O3/c14-11-6-16-10(5-17-11)12(19)18-9-2-1-7(4-15)3-8(9)13(20)21/h1-3,5-6H,(H,18,19)(H,20,21). The van der Waals surface area contributed by atoms with E-state index < -0.39 is 11.9 Å². The molecule has 1 aromatic carbocycles. The number of carboxylic acids is 1. The maximum absolute atomic E-state index is 11.9. The van der Waals surface area contributed by atoms with Gasteiger partial charge in [-0.1, -0.05) is 11.6 Å². The van der Waals surface area contributed by atoms with Crippen molar-refractivity contribution in [3.63, 3.8) is 0 Å². The molecule has 21 heavy (non-hydrogen) atoms.